The number of ether oxygens (including phenoxy) is 1. The van der Waals surface area contributed by atoms with E-state index >= 15 is 0 Å². The van der Waals surface area contributed by atoms with Crippen LogP contribution in [0.1, 0.15) is 45.0 Å². The Morgan fingerprint density at radius 1 is 1.22 bits per heavy atom. The number of rotatable bonds is 8. The molecule has 32 heavy (non-hydrogen) atoms. The van der Waals surface area contributed by atoms with Crippen molar-refractivity contribution in [3.8, 4) is 0 Å². The van der Waals surface area contributed by atoms with Crippen LogP contribution in [-0.4, -0.2) is 63.6 Å². The van der Waals surface area contributed by atoms with Crippen LogP contribution < -0.4 is 10.2 Å². The Labute approximate surface area is 189 Å². The van der Waals surface area contributed by atoms with Gasteiger partial charge in [-0.25, -0.2) is 15.0 Å². The molecule has 1 aliphatic heterocycles. The average Bonchev–Trinajstić information content (AvgIpc) is 3.13. The molecule has 4 rings (SSSR count). The maximum Gasteiger partial charge on any atom is 0.227 e. The fourth-order valence-electron chi connectivity index (χ4n) is 4.49. The van der Waals surface area contributed by atoms with Crippen LogP contribution in [0.25, 0.3) is 11.0 Å². The van der Waals surface area contributed by atoms with Gasteiger partial charge in [0, 0.05) is 45.0 Å². The second kappa shape index (κ2) is 9.20. The quantitative estimate of drug-likeness (QED) is 0.535. The summed E-state index contributed by atoms with van der Waals surface area (Å²) >= 11 is 0. The van der Waals surface area contributed by atoms with Crippen molar-refractivity contribution in [2.45, 2.75) is 51.7 Å². The number of piperidine rings is 1. The van der Waals surface area contributed by atoms with Crippen LogP contribution in [0.4, 0.5) is 17.6 Å². The molecule has 1 aliphatic rings. The molecule has 0 saturated carbocycles. The van der Waals surface area contributed by atoms with Crippen molar-refractivity contribution in [3.63, 3.8) is 0 Å². The molecule has 4 heterocycles. The highest BCUT2D eigenvalue weighted by Crippen LogP contribution is 2.31. The van der Waals surface area contributed by atoms with Gasteiger partial charge in [-0.3, -0.25) is 0 Å². The van der Waals surface area contributed by atoms with Crippen molar-refractivity contribution in [3.05, 3.63) is 30.4 Å². The van der Waals surface area contributed by atoms with E-state index in [1.165, 1.54) is 0 Å². The molecule has 3 aromatic heterocycles. The number of pyridine rings is 1. The molecule has 0 aromatic carbocycles. The van der Waals surface area contributed by atoms with E-state index < -0.39 is 0 Å². The summed E-state index contributed by atoms with van der Waals surface area (Å²) in [5.74, 6) is 3.15. The Morgan fingerprint density at radius 2 is 2.00 bits per heavy atom. The molecule has 170 valence electrons. The number of fused-ring (bicyclic) bond motifs is 1. The number of nitrogens with one attached hydrogen (secondary N) is 1. The van der Waals surface area contributed by atoms with E-state index in [1.54, 1.807) is 19.5 Å². The first-order valence-corrected chi connectivity index (χ1v) is 11.1. The lowest BCUT2D eigenvalue weighted by Gasteiger charge is -2.40. The lowest BCUT2D eigenvalue weighted by atomic mass is 9.88. The van der Waals surface area contributed by atoms with Gasteiger partial charge in [-0.05, 0) is 52.8 Å². The van der Waals surface area contributed by atoms with E-state index in [-0.39, 0.29) is 5.60 Å². The Balaban J connectivity index is 1.49. The fourth-order valence-corrected chi connectivity index (χ4v) is 4.49. The summed E-state index contributed by atoms with van der Waals surface area (Å²) in [7, 11) is 1.79. The summed E-state index contributed by atoms with van der Waals surface area (Å²) < 4.78 is 8.06. The Hall–Kier alpha value is -3.07. The van der Waals surface area contributed by atoms with Crippen LogP contribution in [-0.2, 0) is 4.74 Å². The first-order valence-electron chi connectivity index (χ1n) is 11.1. The minimum Gasteiger partial charge on any atom is -0.378 e. The van der Waals surface area contributed by atoms with E-state index in [1.807, 2.05) is 19.1 Å². The van der Waals surface area contributed by atoms with Gasteiger partial charge in [0.1, 0.15) is 23.0 Å². The summed E-state index contributed by atoms with van der Waals surface area (Å²) in [6.07, 6.45) is 6.31. The Morgan fingerprint density at radius 3 is 2.69 bits per heavy atom. The minimum atomic E-state index is -0.135. The molecule has 9 heteroatoms. The number of hydrogen-bond donors (Lipinski definition) is 1. The molecule has 0 atom stereocenters. The van der Waals surface area contributed by atoms with Crippen molar-refractivity contribution in [2.75, 3.05) is 37.0 Å². The second-order valence-corrected chi connectivity index (χ2v) is 8.62. The van der Waals surface area contributed by atoms with Gasteiger partial charge in [0.15, 0.2) is 0 Å². The predicted octanol–water partition coefficient (Wildman–Crippen LogP) is 3.93. The zero-order chi connectivity index (χ0) is 22.7. The predicted molar refractivity (Wildman–Crippen MR) is 128 cm³/mol. The number of imidazole rings is 1. The third-order valence-corrected chi connectivity index (χ3v) is 6.28. The van der Waals surface area contributed by atoms with Crippen molar-refractivity contribution in [1.82, 2.24) is 24.5 Å². The molecule has 0 bridgehead atoms. The fraction of sp³-hybridized carbons (Fsp3) is 0.522. The van der Waals surface area contributed by atoms with Crippen molar-refractivity contribution in [2.24, 2.45) is 4.99 Å². The smallest absolute Gasteiger partial charge is 0.227 e. The highest BCUT2D eigenvalue weighted by atomic mass is 16.5. The van der Waals surface area contributed by atoms with E-state index in [2.05, 4.69) is 55.3 Å². The molecule has 0 aliphatic carbocycles. The van der Waals surface area contributed by atoms with Gasteiger partial charge in [0.2, 0.25) is 5.95 Å². The summed E-state index contributed by atoms with van der Waals surface area (Å²) in [5, 5.41) is 3.33. The number of nitrogens with zero attached hydrogens (tertiary/aromatic N) is 7. The van der Waals surface area contributed by atoms with E-state index in [0.29, 0.717) is 17.8 Å². The van der Waals surface area contributed by atoms with Crippen LogP contribution in [0, 0.1) is 6.92 Å². The molecule has 0 unspecified atom stereocenters. The van der Waals surface area contributed by atoms with Crippen molar-refractivity contribution in [1.29, 1.82) is 0 Å². The second-order valence-electron chi connectivity index (χ2n) is 8.62. The zero-order valence-corrected chi connectivity index (χ0v) is 19.4. The van der Waals surface area contributed by atoms with Gasteiger partial charge in [-0.15, -0.1) is 0 Å². The first-order chi connectivity index (χ1) is 15.4. The number of aromatic nitrogens is 5. The summed E-state index contributed by atoms with van der Waals surface area (Å²) in [6, 6.07) is 4.21. The molecule has 1 fully saturated rings. The highest BCUT2D eigenvalue weighted by Gasteiger charge is 2.34. The van der Waals surface area contributed by atoms with Crippen LogP contribution in [0.15, 0.2) is 29.5 Å². The highest BCUT2D eigenvalue weighted by molar-refractivity contribution is 5.79. The first kappa shape index (κ1) is 22.1. The van der Waals surface area contributed by atoms with Crippen LogP contribution >= 0.6 is 0 Å². The third-order valence-electron chi connectivity index (χ3n) is 6.28. The van der Waals surface area contributed by atoms with Gasteiger partial charge < -0.3 is 24.5 Å². The van der Waals surface area contributed by atoms with E-state index in [0.717, 1.165) is 61.6 Å². The largest absolute Gasteiger partial charge is 0.378 e. The third kappa shape index (κ3) is 4.43. The minimum absolute atomic E-state index is 0.135. The van der Waals surface area contributed by atoms with Gasteiger partial charge in [0.05, 0.1) is 17.3 Å². The number of hydrogen-bond acceptors (Lipinski definition) is 8. The molecule has 3 aromatic rings. The van der Waals surface area contributed by atoms with Gasteiger partial charge in [0.25, 0.3) is 0 Å². The number of anilines is 3. The lowest BCUT2D eigenvalue weighted by Crippen LogP contribution is -2.46. The standard InChI is InChI=1S/C23H32N8O/c1-16(2)31-17(3)27-18-15-26-21(14-19(18)31)28-20-6-10-25-22(29-20)30-12-8-23(32-5,9-13-30)7-11-24-4/h6,10,14-16H,4,7-9,11-13H2,1-3,5H3,(H,25,26,28,29). The van der Waals surface area contributed by atoms with Crippen LogP contribution in [0.2, 0.25) is 0 Å². The molecule has 0 spiro atoms. The molecular formula is C23H32N8O. The number of aryl methyl sites for hydroxylation is 1. The van der Waals surface area contributed by atoms with Gasteiger partial charge in [-0.1, -0.05) is 0 Å². The number of aliphatic imine (C=N–C) groups is 1. The molecule has 0 radical (unpaired) electrons. The Bertz CT molecular complexity index is 1080. The van der Waals surface area contributed by atoms with E-state index in [4.69, 9.17) is 9.72 Å². The maximum absolute atomic E-state index is 5.85. The van der Waals surface area contributed by atoms with Crippen LogP contribution in [0.5, 0.6) is 0 Å². The topological polar surface area (TPSA) is 93.4 Å². The number of methoxy groups -OCH3 is 1. The molecular weight excluding hydrogens is 404 g/mol. The lowest BCUT2D eigenvalue weighted by molar-refractivity contribution is -0.0340. The molecule has 1 N–H and O–H groups in total. The molecule has 0 amide bonds. The van der Waals surface area contributed by atoms with Gasteiger partial charge >= 0.3 is 0 Å². The van der Waals surface area contributed by atoms with E-state index in [9.17, 15) is 0 Å². The monoisotopic (exact) mass is 436 g/mol. The summed E-state index contributed by atoms with van der Waals surface area (Å²) in [5.41, 5.74) is 1.82. The Kier molecular flexibility index (Phi) is 6.36. The zero-order valence-electron chi connectivity index (χ0n) is 19.4. The van der Waals surface area contributed by atoms with Crippen molar-refractivity contribution < 1.29 is 4.74 Å². The van der Waals surface area contributed by atoms with Gasteiger partial charge in [-0.2, -0.15) is 4.98 Å². The summed E-state index contributed by atoms with van der Waals surface area (Å²) in [4.78, 5) is 24.6. The maximum atomic E-state index is 5.85. The molecule has 9 nitrogen and oxygen atoms in total. The van der Waals surface area contributed by atoms with Crippen LogP contribution in [0.3, 0.4) is 0 Å². The van der Waals surface area contributed by atoms with Crippen molar-refractivity contribution >= 4 is 35.3 Å². The normalized spacial score (nSPS) is 16.0. The molecule has 1 saturated heterocycles. The average molecular weight is 437 g/mol. The summed E-state index contributed by atoms with van der Waals surface area (Å²) in [6.45, 7) is 12.3. The SMILES string of the molecule is C=NCCC1(OC)CCN(c2nccc(Nc3cc4c(cn3)nc(C)n4C(C)C)n2)CC1.